The van der Waals surface area contributed by atoms with Crippen molar-refractivity contribution >= 4 is 23.6 Å². The summed E-state index contributed by atoms with van der Waals surface area (Å²) in [6.07, 6.45) is 0. The van der Waals surface area contributed by atoms with Crippen molar-refractivity contribution in [3.63, 3.8) is 0 Å². The van der Waals surface area contributed by atoms with Gasteiger partial charge in [-0.3, -0.25) is 19.5 Å². The summed E-state index contributed by atoms with van der Waals surface area (Å²) >= 11 is 5.01. The number of nitrogens with two attached hydrogens (primary N) is 1. The molecule has 4 N–H and O–H groups in total. The second-order valence-electron chi connectivity index (χ2n) is 1.95. The molecule has 0 aromatic carbocycles. The first-order valence-electron chi connectivity index (χ1n) is 2.91. The summed E-state index contributed by atoms with van der Waals surface area (Å²) in [6.45, 7) is 0. The summed E-state index contributed by atoms with van der Waals surface area (Å²) in [5.41, 5.74) is 4.96. The molecule has 12 heavy (non-hydrogen) atoms. The first-order chi connectivity index (χ1) is 5.65. The normalized spacial score (nSPS) is 9.42. The van der Waals surface area contributed by atoms with E-state index in [1.165, 1.54) is 6.07 Å². The molecule has 0 unspecified atom stereocenters. The SMILES string of the molecule is NC(=O)c1cc(C(=O)NCl)[nH]n1. The molecule has 7 heteroatoms. The summed E-state index contributed by atoms with van der Waals surface area (Å²) in [7, 11) is 0. The zero-order chi connectivity index (χ0) is 9.14. The molecule has 0 aliphatic carbocycles. The van der Waals surface area contributed by atoms with Crippen LogP contribution < -0.4 is 10.6 Å². The number of hydrogen-bond donors (Lipinski definition) is 3. The minimum atomic E-state index is -0.708. The second kappa shape index (κ2) is 3.22. The molecular formula is C5H5ClN4O2. The van der Waals surface area contributed by atoms with E-state index in [2.05, 4.69) is 10.2 Å². The van der Waals surface area contributed by atoms with Crippen LogP contribution in [-0.4, -0.2) is 22.0 Å². The Kier molecular flexibility index (Phi) is 2.29. The summed E-state index contributed by atoms with van der Waals surface area (Å²) in [5.74, 6) is -1.28. The molecule has 1 rings (SSSR count). The van der Waals surface area contributed by atoms with Crippen molar-refractivity contribution in [3.8, 4) is 0 Å². The van der Waals surface area contributed by atoms with E-state index in [0.717, 1.165) is 0 Å². The van der Waals surface area contributed by atoms with Crippen LogP contribution in [0, 0.1) is 0 Å². The Morgan fingerprint density at radius 2 is 2.33 bits per heavy atom. The second-order valence-corrected chi connectivity index (χ2v) is 2.14. The summed E-state index contributed by atoms with van der Waals surface area (Å²) in [5, 5.41) is 5.76. The summed E-state index contributed by atoms with van der Waals surface area (Å²) in [6, 6.07) is 1.21. The van der Waals surface area contributed by atoms with Gasteiger partial charge < -0.3 is 5.73 Å². The molecule has 0 radical (unpaired) electrons. The molecule has 0 saturated carbocycles. The molecule has 0 atom stereocenters. The molecule has 64 valence electrons. The number of rotatable bonds is 2. The van der Waals surface area contributed by atoms with Gasteiger partial charge in [-0.1, -0.05) is 0 Å². The van der Waals surface area contributed by atoms with Gasteiger partial charge in [0.25, 0.3) is 11.8 Å². The van der Waals surface area contributed by atoms with Gasteiger partial charge in [0.05, 0.1) is 0 Å². The highest BCUT2D eigenvalue weighted by molar-refractivity contribution is 6.24. The Morgan fingerprint density at radius 1 is 1.67 bits per heavy atom. The van der Waals surface area contributed by atoms with Gasteiger partial charge in [0.2, 0.25) is 0 Å². The number of carbonyl (C=O) groups excluding carboxylic acids is 2. The topological polar surface area (TPSA) is 101 Å². The average Bonchev–Trinajstić information content (AvgIpc) is 2.51. The molecule has 0 aliphatic rings. The third-order valence-electron chi connectivity index (χ3n) is 1.16. The standard InChI is InChI=1S/C5H5ClN4O2/c6-8-5(12)3-1-2(4(7)11)9-10-3/h1H,(H2,7,11)(H,8,12)(H,9,10). The molecule has 0 saturated heterocycles. The fraction of sp³-hybridized carbons (Fsp3) is 0. The monoisotopic (exact) mass is 188 g/mol. The maximum Gasteiger partial charge on any atom is 0.283 e. The summed E-state index contributed by atoms with van der Waals surface area (Å²) in [4.78, 5) is 23.1. The van der Waals surface area contributed by atoms with Crippen molar-refractivity contribution in [1.29, 1.82) is 0 Å². The number of hydrogen-bond acceptors (Lipinski definition) is 3. The number of nitrogens with zero attached hydrogens (tertiary/aromatic N) is 1. The Balaban J connectivity index is 2.91. The van der Waals surface area contributed by atoms with Gasteiger partial charge in [-0.05, 0) is 0 Å². The third-order valence-corrected chi connectivity index (χ3v) is 1.33. The largest absolute Gasteiger partial charge is 0.364 e. The molecule has 2 amide bonds. The number of nitrogens with one attached hydrogen (secondary N) is 2. The van der Waals surface area contributed by atoms with Crippen LogP contribution in [0.2, 0.25) is 0 Å². The highest BCUT2D eigenvalue weighted by Crippen LogP contribution is 1.98. The number of carbonyl (C=O) groups is 2. The van der Waals surface area contributed by atoms with Crippen LogP contribution >= 0.6 is 11.8 Å². The fourth-order valence-electron chi connectivity index (χ4n) is 0.615. The lowest BCUT2D eigenvalue weighted by molar-refractivity contribution is 0.0975. The minimum absolute atomic E-state index is 0.00901. The predicted molar refractivity (Wildman–Crippen MR) is 40.4 cm³/mol. The van der Waals surface area contributed by atoms with Crippen molar-refractivity contribution in [2.75, 3.05) is 0 Å². The van der Waals surface area contributed by atoms with E-state index in [0.29, 0.717) is 0 Å². The van der Waals surface area contributed by atoms with E-state index in [1.54, 1.807) is 0 Å². The molecule has 1 heterocycles. The van der Waals surface area contributed by atoms with Crippen molar-refractivity contribution < 1.29 is 9.59 Å². The van der Waals surface area contributed by atoms with Crippen LogP contribution in [0.15, 0.2) is 6.07 Å². The highest BCUT2D eigenvalue weighted by Gasteiger charge is 2.10. The van der Waals surface area contributed by atoms with Crippen molar-refractivity contribution in [1.82, 2.24) is 15.0 Å². The zero-order valence-electron chi connectivity index (χ0n) is 5.80. The van der Waals surface area contributed by atoms with Crippen LogP contribution in [0.1, 0.15) is 21.0 Å². The maximum absolute atomic E-state index is 10.8. The van der Waals surface area contributed by atoms with Crippen LogP contribution in [0.25, 0.3) is 0 Å². The van der Waals surface area contributed by atoms with Gasteiger partial charge >= 0.3 is 0 Å². The lowest BCUT2D eigenvalue weighted by Gasteiger charge is -1.88. The molecule has 6 nitrogen and oxygen atoms in total. The number of aromatic amines is 1. The number of amides is 2. The molecule has 0 spiro atoms. The quantitative estimate of drug-likeness (QED) is 0.540. The van der Waals surface area contributed by atoms with E-state index >= 15 is 0 Å². The Morgan fingerprint density at radius 3 is 2.75 bits per heavy atom. The van der Waals surface area contributed by atoms with E-state index in [-0.39, 0.29) is 11.4 Å². The van der Waals surface area contributed by atoms with Crippen molar-refractivity contribution in [2.24, 2.45) is 5.73 Å². The molecule has 0 bridgehead atoms. The lowest BCUT2D eigenvalue weighted by atomic mass is 10.3. The van der Waals surface area contributed by atoms with E-state index in [9.17, 15) is 9.59 Å². The molecular weight excluding hydrogens is 184 g/mol. The smallest absolute Gasteiger partial charge is 0.283 e. The first-order valence-corrected chi connectivity index (χ1v) is 3.29. The van der Waals surface area contributed by atoms with Crippen LogP contribution in [0.5, 0.6) is 0 Å². The van der Waals surface area contributed by atoms with Gasteiger partial charge in [0, 0.05) is 17.8 Å². The molecule has 0 fully saturated rings. The Labute approximate surface area is 72.2 Å². The molecule has 1 aromatic heterocycles. The van der Waals surface area contributed by atoms with Gasteiger partial charge in [-0.25, -0.2) is 0 Å². The van der Waals surface area contributed by atoms with Crippen molar-refractivity contribution in [3.05, 3.63) is 17.5 Å². The first kappa shape index (κ1) is 8.54. The summed E-state index contributed by atoms with van der Waals surface area (Å²) < 4.78 is 0. The number of primary amides is 1. The van der Waals surface area contributed by atoms with E-state index in [4.69, 9.17) is 17.5 Å². The number of H-pyrrole nitrogens is 1. The number of halogens is 1. The Bertz CT molecular complexity index is 321. The minimum Gasteiger partial charge on any atom is -0.364 e. The van der Waals surface area contributed by atoms with E-state index in [1.807, 2.05) is 4.84 Å². The Hall–Kier alpha value is -1.56. The number of aromatic nitrogens is 2. The van der Waals surface area contributed by atoms with Gasteiger partial charge in [0.1, 0.15) is 5.69 Å². The zero-order valence-corrected chi connectivity index (χ0v) is 6.55. The van der Waals surface area contributed by atoms with E-state index < -0.39 is 11.8 Å². The fourth-order valence-corrected chi connectivity index (χ4v) is 0.717. The molecule has 0 aliphatic heterocycles. The molecule has 1 aromatic rings. The average molecular weight is 189 g/mol. The van der Waals surface area contributed by atoms with Crippen molar-refractivity contribution in [2.45, 2.75) is 0 Å². The predicted octanol–water partition coefficient (Wildman–Crippen LogP) is -0.608. The van der Waals surface area contributed by atoms with Crippen LogP contribution in [0.4, 0.5) is 0 Å². The van der Waals surface area contributed by atoms with Crippen LogP contribution in [0.3, 0.4) is 0 Å². The lowest BCUT2D eigenvalue weighted by Crippen LogP contribution is -2.13. The van der Waals surface area contributed by atoms with Gasteiger partial charge in [-0.2, -0.15) is 5.10 Å². The third kappa shape index (κ3) is 1.54. The van der Waals surface area contributed by atoms with Gasteiger partial charge in [0.15, 0.2) is 5.69 Å². The maximum atomic E-state index is 10.8. The van der Waals surface area contributed by atoms with Gasteiger partial charge in [-0.15, -0.1) is 0 Å². The van der Waals surface area contributed by atoms with Crippen LogP contribution in [-0.2, 0) is 0 Å². The highest BCUT2D eigenvalue weighted by atomic mass is 35.5.